The lowest BCUT2D eigenvalue weighted by molar-refractivity contribution is 0.262. The first-order valence-corrected chi connectivity index (χ1v) is 8.82. The highest BCUT2D eigenvalue weighted by molar-refractivity contribution is 6.00. The molecule has 28 heavy (non-hydrogen) atoms. The Bertz CT molecular complexity index is 1110. The third kappa shape index (κ3) is 3.91. The summed E-state index contributed by atoms with van der Waals surface area (Å²) in [6.07, 6.45) is 0. The van der Waals surface area contributed by atoms with Crippen LogP contribution in [0.4, 0.5) is 16.2 Å². The maximum Gasteiger partial charge on any atom is 0.323 e. The van der Waals surface area contributed by atoms with Gasteiger partial charge in [-0.15, -0.1) is 10.2 Å². The Morgan fingerprint density at radius 1 is 0.786 bits per heavy atom. The molecule has 0 aliphatic carbocycles. The van der Waals surface area contributed by atoms with Crippen molar-refractivity contribution >= 4 is 17.4 Å². The Balaban J connectivity index is 1.50. The molecule has 4 aromatic rings. The van der Waals surface area contributed by atoms with Crippen molar-refractivity contribution in [3.05, 3.63) is 84.4 Å². The summed E-state index contributed by atoms with van der Waals surface area (Å²) in [4.78, 5) is 12.3. The third-order valence-corrected chi connectivity index (χ3v) is 4.21. The van der Waals surface area contributed by atoms with Gasteiger partial charge in [-0.2, -0.15) is 0 Å². The number of para-hydroxylation sites is 1. The monoisotopic (exact) mass is 370 g/mol. The van der Waals surface area contributed by atoms with Gasteiger partial charge in [0.25, 0.3) is 0 Å². The third-order valence-electron chi connectivity index (χ3n) is 4.21. The molecule has 138 valence electrons. The molecule has 4 rings (SSSR count). The minimum atomic E-state index is -0.318. The number of carbonyl (C=O) groups is 1. The molecule has 6 nitrogen and oxygen atoms in total. The number of hydrogen-bond acceptors (Lipinski definition) is 4. The van der Waals surface area contributed by atoms with Gasteiger partial charge >= 0.3 is 6.03 Å². The Hall–Kier alpha value is -3.93. The van der Waals surface area contributed by atoms with Crippen LogP contribution in [0.2, 0.25) is 0 Å². The summed E-state index contributed by atoms with van der Waals surface area (Å²) in [5, 5.41) is 13.9. The van der Waals surface area contributed by atoms with E-state index in [1.807, 2.05) is 73.7 Å². The fourth-order valence-electron chi connectivity index (χ4n) is 2.77. The minimum Gasteiger partial charge on any atom is -0.416 e. The number of amides is 2. The van der Waals surface area contributed by atoms with Crippen LogP contribution in [-0.2, 0) is 0 Å². The Morgan fingerprint density at radius 2 is 1.46 bits per heavy atom. The highest BCUT2D eigenvalue weighted by atomic mass is 16.4. The van der Waals surface area contributed by atoms with Gasteiger partial charge in [-0.1, -0.05) is 42.5 Å². The van der Waals surface area contributed by atoms with E-state index in [0.717, 1.165) is 22.4 Å². The largest absolute Gasteiger partial charge is 0.416 e. The number of aromatic nitrogens is 2. The van der Waals surface area contributed by atoms with Crippen LogP contribution in [0.1, 0.15) is 5.56 Å². The normalized spacial score (nSPS) is 10.5. The smallest absolute Gasteiger partial charge is 0.323 e. The van der Waals surface area contributed by atoms with Crippen molar-refractivity contribution in [2.45, 2.75) is 6.92 Å². The molecule has 2 N–H and O–H groups in total. The SMILES string of the molecule is Cc1ccccc1NC(=O)Nc1cccc(-c2nnc(-c3ccccc3)o2)c1. The summed E-state index contributed by atoms with van der Waals surface area (Å²) in [6, 6.07) is 24.1. The van der Waals surface area contributed by atoms with Gasteiger partial charge in [-0.3, -0.25) is 0 Å². The quantitative estimate of drug-likeness (QED) is 0.507. The zero-order valence-corrected chi connectivity index (χ0v) is 15.2. The van der Waals surface area contributed by atoms with Gasteiger partial charge in [0.15, 0.2) is 0 Å². The fraction of sp³-hybridized carbons (Fsp3) is 0.0455. The molecule has 0 spiro atoms. The molecule has 0 bridgehead atoms. The first kappa shape index (κ1) is 17.5. The summed E-state index contributed by atoms with van der Waals surface area (Å²) in [6.45, 7) is 1.94. The topological polar surface area (TPSA) is 80.0 Å². The number of rotatable bonds is 4. The van der Waals surface area contributed by atoms with Crippen LogP contribution in [0.15, 0.2) is 83.3 Å². The molecular formula is C22H18N4O2. The second kappa shape index (κ2) is 7.75. The van der Waals surface area contributed by atoms with Crippen molar-refractivity contribution in [3.8, 4) is 22.9 Å². The first-order valence-electron chi connectivity index (χ1n) is 8.82. The fourth-order valence-corrected chi connectivity index (χ4v) is 2.77. The van der Waals surface area contributed by atoms with Gasteiger partial charge in [0.05, 0.1) is 0 Å². The second-order valence-electron chi connectivity index (χ2n) is 6.25. The summed E-state index contributed by atoms with van der Waals surface area (Å²) in [5.41, 5.74) is 3.96. The lowest BCUT2D eigenvalue weighted by atomic mass is 10.2. The Kier molecular flexibility index (Phi) is 4.84. The summed E-state index contributed by atoms with van der Waals surface area (Å²) < 4.78 is 5.78. The van der Waals surface area contributed by atoms with Crippen LogP contribution in [0.3, 0.4) is 0 Å². The van der Waals surface area contributed by atoms with Crippen molar-refractivity contribution in [2.75, 3.05) is 10.6 Å². The van der Waals surface area contributed by atoms with Crippen molar-refractivity contribution in [2.24, 2.45) is 0 Å². The summed E-state index contributed by atoms with van der Waals surface area (Å²) in [5.74, 6) is 0.841. The number of nitrogens with one attached hydrogen (secondary N) is 2. The number of hydrogen-bond donors (Lipinski definition) is 2. The van der Waals surface area contributed by atoms with E-state index in [-0.39, 0.29) is 6.03 Å². The average molecular weight is 370 g/mol. The van der Waals surface area contributed by atoms with E-state index in [9.17, 15) is 4.79 Å². The molecule has 0 atom stereocenters. The zero-order valence-electron chi connectivity index (χ0n) is 15.2. The minimum absolute atomic E-state index is 0.318. The van der Waals surface area contributed by atoms with E-state index in [4.69, 9.17) is 4.42 Å². The summed E-state index contributed by atoms with van der Waals surface area (Å²) in [7, 11) is 0. The van der Waals surface area contributed by atoms with Gasteiger partial charge in [0, 0.05) is 22.5 Å². The van der Waals surface area contributed by atoms with Crippen LogP contribution in [0.25, 0.3) is 22.9 Å². The molecule has 0 aliphatic rings. The average Bonchev–Trinajstić information content (AvgIpc) is 3.21. The van der Waals surface area contributed by atoms with Gasteiger partial charge in [0.1, 0.15) is 0 Å². The lowest BCUT2D eigenvalue weighted by Gasteiger charge is -2.10. The van der Waals surface area contributed by atoms with Gasteiger partial charge in [-0.05, 0) is 48.9 Å². The van der Waals surface area contributed by atoms with Crippen molar-refractivity contribution < 1.29 is 9.21 Å². The number of anilines is 2. The van der Waals surface area contributed by atoms with Crippen LogP contribution in [-0.4, -0.2) is 16.2 Å². The molecule has 0 radical (unpaired) electrons. The number of urea groups is 1. The number of benzene rings is 3. The van der Waals surface area contributed by atoms with E-state index < -0.39 is 0 Å². The predicted molar refractivity (Wildman–Crippen MR) is 109 cm³/mol. The van der Waals surface area contributed by atoms with Crippen LogP contribution < -0.4 is 10.6 Å². The number of aryl methyl sites for hydroxylation is 1. The van der Waals surface area contributed by atoms with E-state index in [1.165, 1.54) is 0 Å². The number of carbonyl (C=O) groups excluding carboxylic acids is 1. The Labute approximate surface area is 162 Å². The molecule has 0 saturated carbocycles. The Morgan fingerprint density at radius 3 is 2.25 bits per heavy atom. The molecule has 0 unspecified atom stereocenters. The highest BCUT2D eigenvalue weighted by Gasteiger charge is 2.11. The molecule has 0 aliphatic heterocycles. The molecule has 6 heteroatoms. The highest BCUT2D eigenvalue weighted by Crippen LogP contribution is 2.25. The van der Waals surface area contributed by atoms with E-state index in [1.54, 1.807) is 12.1 Å². The van der Waals surface area contributed by atoms with Crippen molar-refractivity contribution in [1.29, 1.82) is 0 Å². The van der Waals surface area contributed by atoms with Gasteiger partial charge < -0.3 is 15.1 Å². The lowest BCUT2D eigenvalue weighted by Crippen LogP contribution is -2.19. The molecule has 0 fully saturated rings. The predicted octanol–water partition coefficient (Wildman–Crippen LogP) is 5.36. The molecule has 1 heterocycles. The molecule has 0 saturated heterocycles. The van der Waals surface area contributed by atoms with E-state index in [2.05, 4.69) is 20.8 Å². The van der Waals surface area contributed by atoms with Crippen LogP contribution in [0.5, 0.6) is 0 Å². The standard InChI is InChI=1S/C22H18N4O2/c1-15-8-5-6-13-19(15)24-22(27)23-18-12-7-11-17(14-18)21-26-25-20(28-21)16-9-3-2-4-10-16/h2-14H,1H3,(H2,23,24,27). The molecule has 1 aromatic heterocycles. The summed E-state index contributed by atoms with van der Waals surface area (Å²) >= 11 is 0. The van der Waals surface area contributed by atoms with E-state index >= 15 is 0 Å². The van der Waals surface area contributed by atoms with Crippen LogP contribution >= 0.6 is 0 Å². The first-order chi connectivity index (χ1) is 13.7. The van der Waals surface area contributed by atoms with Gasteiger partial charge in [-0.25, -0.2) is 4.79 Å². The molecule has 3 aromatic carbocycles. The van der Waals surface area contributed by atoms with Crippen molar-refractivity contribution in [1.82, 2.24) is 10.2 Å². The maximum absolute atomic E-state index is 12.3. The van der Waals surface area contributed by atoms with Crippen molar-refractivity contribution in [3.63, 3.8) is 0 Å². The number of nitrogens with zero attached hydrogens (tertiary/aromatic N) is 2. The molecule has 2 amide bonds. The van der Waals surface area contributed by atoms with E-state index in [0.29, 0.717) is 17.5 Å². The van der Waals surface area contributed by atoms with Crippen LogP contribution in [0, 0.1) is 6.92 Å². The zero-order chi connectivity index (χ0) is 19.3. The second-order valence-corrected chi connectivity index (χ2v) is 6.25. The maximum atomic E-state index is 12.3. The van der Waals surface area contributed by atoms with Gasteiger partial charge in [0.2, 0.25) is 11.8 Å². The molecular weight excluding hydrogens is 352 g/mol.